The van der Waals surface area contributed by atoms with Crippen LogP contribution in [0.25, 0.3) is 0 Å². The summed E-state index contributed by atoms with van der Waals surface area (Å²) in [7, 11) is 0. The summed E-state index contributed by atoms with van der Waals surface area (Å²) in [6, 6.07) is 5.03. The van der Waals surface area contributed by atoms with E-state index in [1.807, 2.05) is 6.07 Å². The van der Waals surface area contributed by atoms with Crippen molar-refractivity contribution in [2.75, 3.05) is 6.61 Å². The van der Waals surface area contributed by atoms with Gasteiger partial charge in [0.2, 0.25) is 0 Å². The van der Waals surface area contributed by atoms with Gasteiger partial charge in [-0.2, -0.15) is 5.26 Å². The second kappa shape index (κ2) is 8.92. The maximum Gasteiger partial charge on any atom is 0.158 e. The van der Waals surface area contributed by atoms with Gasteiger partial charge >= 0.3 is 0 Å². The van der Waals surface area contributed by atoms with Gasteiger partial charge in [0.05, 0.1) is 11.1 Å². The fourth-order valence-corrected chi connectivity index (χ4v) is 2.15. The van der Waals surface area contributed by atoms with Crippen molar-refractivity contribution in [3.8, 4) is 11.8 Å². The third kappa shape index (κ3) is 5.20. The fraction of sp³-hybridized carbons (Fsp3) is 0.533. The molecule has 0 atom stereocenters. The average molecular weight is 328 g/mol. The molecule has 0 aliphatic rings. The van der Waals surface area contributed by atoms with Gasteiger partial charge in [0, 0.05) is 0 Å². The van der Waals surface area contributed by atoms with Crippen LogP contribution < -0.4 is 4.74 Å². The minimum Gasteiger partial charge on any atom is -0.492 e. The molecule has 1 aromatic carbocycles. The lowest BCUT2D eigenvalue weighted by Crippen LogP contribution is -2.01. The molecule has 0 unspecified atom stereocenters. The Balaban J connectivity index is 2.38. The van der Waals surface area contributed by atoms with Crippen molar-refractivity contribution in [3.05, 3.63) is 28.0 Å². The van der Waals surface area contributed by atoms with Crippen LogP contribution in [0.3, 0.4) is 0 Å². The minimum absolute atomic E-state index is 0.0274. The molecule has 0 saturated carbocycles. The molecule has 1 aromatic rings. The van der Waals surface area contributed by atoms with Gasteiger partial charge in [-0.25, -0.2) is 4.39 Å². The Morgan fingerprint density at radius 2 is 1.89 bits per heavy atom. The Bertz CT molecular complexity index is 443. The van der Waals surface area contributed by atoms with Gasteiger partial charge in [0.15, 0.2) is 5.82 Å². The molecule has 1 rings (SSSR count). The first-order chi connectivity index (χ1) is 9.20. The maximum absolute atomic E-state index is 13.6. The lowest BCUT2D eigenvalue weighted by molar-refractivity contribution is 0.302. The van der Waals surface area contributed by atoms with E-state index in [2.05, 4.69) is 22.9 Å². The van der Waals surface area contributed by atoms with Crippen molar-refractivity contribution in [2.24, 2.45) is 0 Å². The van der Waals surface area contributed by atoms with Crippen LogP contribution in [-0.2, 0) is 0 Å². The van der Waals surface area contributed by atoms with E-state index < -0.39 is 5.82 Å². The van der Waals surface area contributed by atoms with Crippen LogP contribution in [0.5, 0.6) is 5.75 Å². The minimum atomic E-state index is -0.553. The first-order valence-corrected chi connectivity index (χ1v) is 7.51. The van der Waals surface area contributed by atoms with Gasteiger partial charge in [-0.1, -0.05) is 39.0 Å². The van der Waals surface area contributed by atoms with Crippen LogP contribution in [0, 0.1) is 17.1 Å². The lowest BCUT2D eigenvalue weighted by Gasteiger charge is -2.09. The van der Waals surface area contributed by atoms with Crippen molar-refractivity contribution < 1.29 is 9.13 Å². The Kier molecular flexibility index (Phi) is 7.50. The van der Waals surface area contributed by atoms with E-state index in [1.165, 1.54) is 25.7 Å². The number of hydrogen-bond donors (Lipinski definition) is 0. The molecule has 4 heteroatoms. The molecular weight excluding hydrogens is 309 g/mol. The Hall–Kier alpha value is -1.08. The molecular formula is C15H19BrFNO. The third-order valence-corrected chi connectivity index (χ3v) is 3.54. The highest BCUT2D eigenvalue weighted by molar-refractivity contribution is 9.10. The van der Waals surface area contributed by atoms with E-state index in [0.29, 0.717) is 12.4 Å². The van der Waals surface area contributed by atoms with E-state index in [4.69, 9.17) is 10.00 Å². The molecule has 0 bridgehead atoms. The van der Waals surface area contributed by atoms with E-state index >= 15 is 0 Å². The smallest absolute Gasteiger partial charge is 0.158 e. The molecule has 2 nitrogen and oxygen atoms in total. The van der Waals surface area contributed by atoms with Crippen molar-refractivity contribution in [2.45, 2.75) is 45.4 Å². The second-order valence-electron chi connectivity index (χ2n) is 4.46. The zero-order chi connectivity index (χ0) is 14.1. The molecule has 0 amide bonds. The molecule has 0 aliphatic carbocycles. The summed E-state index contributed by atoms with van der Waals surface area (Å²) in [4.78, 5) is 0. The number of benzene rings is 1. The van der Waals surface area contributed by atoms with E-state index in [1.54, 1.807) is 12.1 Å². The molecule has 0 fully saturated rings. The number of hydrogen-bond acceptors (Lipinski definition) is 2. The van der Waals surface area contributed by atoms with Gasteiger partial charge in [-0.15, -0.1) is 0 Å². The highest BCUT2D eigenvalue weighted by Gasteiger charge is 2.12. The number of nitrogens with zero attached hydrogens (tertiary/aromatic N) is 1. The molecule has 0 radical (unpaired) electrons. The SMILES string of the molecule is CCCCCCCCOc1ccc(Br)c(F)c1C#N. The summed E-state index contributed by atoms with van der Waals surface area (Å²) >= 11 is 3.06. The largest absolute Gasteiger partial charge is 0.492 e. The van der Waals surface area contributed by atoms with Crippen LogP contribution in [0.15, 0.2) is 16.6 Å². The van der Waals surface area contributed by atoms with Crippen molar-refractivity contribution in [1.29, 1.82) is 5.26 Å². The summed E-state index contributed by atoms with van der Waals surface area (Å²) < 4.78 is 19.4. The van der Waals surface area contributed by atoms with E-state index in [-0.39, 0.29) is 10.0 Å². The van der Waals surface area contributed by atoms with Gasteiger partial charge in [0.25, 0.3) is 0 Å². The predicted octanol–water partition coefficient (Wildman–Crippen LogP) is 5.20. The maximum atomic E-state index is 13.6. The van der Waals surface area contributed by atoms with Crippen LogP contribution in [0.2, 0.25) is 0 Å². The molecule has 0 saturated heterocycles. The normalized spacial score (nSPS) is 10.2. The molecule has 0 N–H and O–H groups in total. The van der Waals surface area contributed by atoms with Crippen LogP contribution in [0.4, 0.5) is 4.39 Å². The molecule has 0 aliphatic heterocycles. The molecule has 104 valence electrons. The number of nitriles is 1. The van der Waals surface area contributed by atoms with Gasteiger partial charge in [-0.05, 0) is 34.5 Å². The quantitative estimate of drug-likeness (QED) is 0.615. The van der Waals surface area contributed by atoms with Crippen molar-refractivity contribution in [3.63, 3.8) is 0 Å². The van der Waals surface area contributed by atoms with Crippen LogP contribution in [-0.4, -0.2) is 6.61 Å². The summed E-state index contributed by atoms with van der Waals surface area (Å²) in [5.74, 6) is -0.222. The summed E-state index contributed by atoms with van der Waals surface area (Å²) in [5.41, 5.74) is -0.0274. The number of rotatable bonds is 8. The Labute approximate surface area is 122 Å². The number of halogens is 2. The fourth-order valence-electron chi connectivity index (χ4n) is 1.82. The van der Waals surface area contributed by atoms with Crippen molar-refractivity contribution >= 4 is 15.9 Å². The molecule has 0 spiro atoms. The third-order valence-electron chi connectivity index (χ3n) is 2.92. The van der Waals surface area contributed by atoms with Gasteiger partial charge < -0.3 is 4.74 Å². The zero-order valence-electron chi connectivity index (χ0n) is 11.2. The lowest BCUT2D eigenvalue weighted by atomic mass is 10.1. The number of ether oxygens (including phenoxy) is 1. The first kappa shape index (κ1) is 16.0. The standard InChI is InChI=1S/C15H19BrFNO/c1-2-3-4-5-6-7-10-19-14-9-8-13(16)15(17)12(14)11-18/h8-9H,2-7,10H2,1H3. The summed E-state index contributed by atoms with van der Waals surface area (Å²) in [6.07, 6.45) is 7.02. The first-order valence-electron chi connectivity index (χ1n) is 6.71. The monoisotopic (exact) mass is 327 g/mol. The Morgan fingerprint density at radius 3 is 2.58 bits per heavy atom. The summed E-state index contributed by atoms with van der Waals surface area (Å²) in [5, 5.41) is 8.93. The second-order valence-corrected chi connectivity index (χ2v) is 5.32. The summed E-state index contributed by atoms with van der Waals surface area (Å²) in [6.45, 7) is 2.72. The molecule has 0 aromatic heterocycles. The molecule has 0 heterocycles. The van der Waals surface area contributed by atoms with Gasteiger partial charge in [0.1, 0.15) is 17.4 Å². The van der Waals surface area contributed by atoms with Crippen LogP contribution >= 0.6 is 15.9 Å². The molecule has 19 heavy (non-hydrogen) atoms. The zero-order valence-corrected chi connectivity index (χ0v) is 12.8. The van der Waals surface area contributed by atoms with Gasteiger partial charge in [-0.3, -0.25) is 0 Å². The topological polar surface area (TPSA) is 33.0 Å². The Morgan fingerprint density at radius 1 is 1.21 bits per heavy atom. The van der Waals surface area contributed by atoms with Crippen molar-refractivity contribution in [1.82, 2.24) is 0 Å². The van der Waals surface area contributed by atoms with Crippen LogP contribution in [0.1, 0.15) is 51.0 Å². The number of unbranched alkanes of at least 4 members (excludes halogenated alkanes) is 5. The predicted molar refractivity (Wildman–Crippen MR) is 77.7 cm³/mol. The van der Waals surface area contributed by atoms with E-state index in [9.17, 15) is 4.39 Å². The van der Waals surface area contributed by atoms with E-state index in [0.717, 1.165) is 12.8 Å². The highest BCUT2D eigenvalue weighted by atomic mass is 79.9. The highest BCUT2D eigenvalue weighted by Crippen LogP contribution is 2.27. The average Bonchev–Trinajstić information content (AvgIpc) is 2.42.